The van der Waals surface area contributed by atoms with E-state index in [1.165, 1.54) is 6.20 Å². The number of aromatic nitrogens is 1. The summed E-state index contributed by atoms with van der Waals surface area (Å²) < 4.78 is 5.80. The van der Waals surface area contributed by atoms with Crippen molar-refractivity contribution < 1.29 is 9.53 Å². The van der Waals surface area contributed by atoms with Crippen molar-refractivity contribution in [3.8, 4) is 5.75 Å². The van der Waals surface area contributed by atoms with E-state index in [1.807, 2.05) is 0 Å². The second kappa shape index (κ2) is 5.14. The fourth-order valence-corrected chi connectivity index (χ4v) is 2.06. The van der Waals surface area contributed by atoms with E-state index in [-0.39, 0.29) is 12.1 Å². The van der Waals surface area contributed by atoms with Gasteiger partial charge in [0.2, 0.25) is 0 Å². The Labute approximate surface area is 100 Å². The Hall–Kier alpha value is -1.62. The predicted octanol–water partition coefficient (Wildman–Crippen LogP) is 0.829. The molecule has 1 aliphatic carbocycles. The van der Waals surface area contributed by atoms with Gasteiger partial charge < -0.3 is 16.2 Å². The Balaban J connectivity index is 2.05. The first kappa shape index (κ1) is 11.9. The summed E-state index contributed by atoms with van der Waals surface area (Å²) >= 11 is 0. The van der Waals surface area contributed by atoms with E-state index in [0.29, 0.717) is 11.3 Å². The first-order chi connectivity index (χ1) is 8.16. The molecule has 1 saturated carbocycles. The summed E-state index contributed by atoms with van der Waals surface area (Å²) in [5, 5.41) is 0. The van der Waals surface area contributed by atoms with Gasteiger partial charge in [-0.3, -0.25) is 9.78 Å². The van der Waals surface area contributed by atoms with Crippen molar-refractivity contribution in [2.45, 2.75) is 37.8 Å². The zero-order chi connectivity index (χ0) is 12.3. The van der Waals surface area contributed by atoms with Gasteiger partial charge >= 0.3 is 0 Å². The largest absolute Gasteiger partial charge is 0.489 e. The maximum absolute atomic E-state index is 11.2. The molecule has 5 nitrogen and oxygen atoms in total. The third-order valence-electron chi connectivity index (χ3n) is 3.06. The van der Waals surface area contributed by atoms with Crippen LogP contribution in [0.1, 0.15) is 36.0 Å². The van der Waals surface area contributed by atoms with E-state index in [9.17, 15) is 4.79 Å². The monoisotopic (exact) mass is 235 g/mol. The minimum absolute atomic E-state index is 0.121. The van der Waals surface area contributed by atoms with E-state index in [2.05, 4.69) is 4.98 Å². The van der Waals surface area contributed by atoms with E-state index in [4.69, 9.17) is 16.2 Å². The van der Waals surface area contributed by atoms with Crippen LogP contribution < -0.4 is 16.2 Å². The molecule has 0 atom stereocenters. The number of carbonyl (C=O) groups excluding carboxylic acids is 1. The molecule has 0 saturated heterocycles. The Morgan fingerprint density at radius 3 is 2.71 bits per heavy atom. The van der Waals surface area contributed by atoms with Gasteiger partial charge in [-0.15, -0.1) is 0 Å². The van der Waals surface area contributed by atoms with Crippen LogP contribution >= 0.6 is 0 Å². The molecule has 0 spiro atoms. The van der Waals surface area contributed by atoms with Crippen LogP contribution in [0.3, 0.4) is 0 Å². The molecule has 0 radical (unpaired) electrons. The number of nitrogens with two attached hydrogens (primary N) is 2. The molecule has 4 N–H and O–H groups in total. The highest BCUT2D eigenvalue weighted by atomic mass is 16.5. The maximum atomic E-state index is 11.2. The van der Waals surface area contributed by atoms with Gasteiger partial charge in [0.1, 0.15) is 5.75 Å². The van der Waals surface area contributed by atoms with Crippen LogP contribution in [0.5, 0.6) is 5.75 Å². The third kappa shape index (κ3) is 2.94. The molecule has 2 rings (SSSR count). The molecular formula is C12H17N3O2. The average Bonchev–Trinajstić information content (AvgIpc) is 2.32. The predicted molar refractivity (Wildman–Crippen MR) is 63.6 cm³/mol. The standard InChI is InChI=1S/C12H17N3O2/c13-8-1-3-9(4-2-8)17-11-5-6-15-7-10(11)12(14)16/h5-9H,1-4,13H2,(H2,14,16)/t8-,9-. The third-order valence-corrected chi connectivity index (χ3v) is 3.06. The molecule has 0 bridgehead atoms. The van der Waals surface area contributed by atoms with Crippen molar-refractivity contribution in [3.05, 3.63) is 24.0 Å². The fourth-order valence-electron chi connectivity index (χ4n) is 2.06. The number of ether oxygens (including phenoxy) is 1. The summed E-state index contributed by atoms with van der Waals surface area (Å²) in [4.78, 5) is 15.1. The van der Waals surface area contributed by atoms with Gasteiger partial charge in [-0.25, -0.2) is 0 Å². The second-order valence-corrected chi connectivity index (χ2v) is 4.39. The van der Waals surface area contributed by atoms with Crippen LogP contribution in [0.4, 0.5) is 0 Å². The molecule has 1 amide bonds. The summed E-state index contributed by atoms with van der Waals surface area (Å²) in [5.74, 6) is 0.00795. The molecule has 0 aromatic carbocycles. The van der Waals surface area contributed by atoms with E-state index in [0.717, 1.165) is 25.7 Å². The smallest absolute Gasteiger partial charge is 0.254 e. The van der Waals surface area contributed by atoms with Crippen LogP contribution in [0.25, 0.3) is 0 Å². The van der Waals surface area contributed by atoms with Crippen LogP contribution in [-0.4, -0.2) is 23.0 Å². The Bertz CT molecular complexity index is 400. The molecule has 92 valence electrons. The minimum atomic E-state index is -0.513. The van der Waals surface area contributed by atoms with Crippen molar-refractivity contribution >= 4 is 5.91 Å². The lowest BCUT2D eigenvalue weighted by Gasteiger charge is -2.27. The number of primary amides is 1. The van der Waals surface area contributed by atoms with E-state index >= 15 is 0 Å². The normalized spacial score (nSPS) is 24.3. The number of rotatable bonds is 3. The van der Waals surface area contributed by atoms with Crippen molar-refractivity contribution in [2.24, 2.45) is 11.5 Å². The summed E-state index contributed by atoms with van der Waals surface area (Å²) in [6, 6.07) is 1.96. The first-order valence-corrected chi connectivity index (χ1v) is 5.83. The molecule has 1 aliphatic rings. The highest BCUT2D eigenvalue weighted by molar-refractivity contribution is 5.95. The van der Waals surface area contributed by atoms with Gasteiger partial charge in [0.15, 0.2) is 0 Å². The quantitative estimate of drug-likeness (QED) is 0.811. The van der Waals surface area contributed by atoms with Crippen LogP contribution in [-0.2, 0) is 0 Å². The number of carbonyl (C=O) groups is 1. The average molecular weight is 235 g/mol. The highest BCUT2D eigenvalue weighted by Gasteiger charge is 2.21. The lowest BCUT2D eigenvalue weighted by Crippen LogP contribution is -2.32. The summed E-state index contributed by atoms with van der Waals surface area (Å²) in [6.45, 7) is 0. The molecule has 1 heterocycles. The van der Waals surface area contributed by atoms with Crippen molar-refractivity contribution in [3.63, 3.8) is 0 Å². The summed E-state index contributed by atoms with van der Waals surface area (Å²) in [5.41, 5.74) is 11.4. The lowest BCUT2D eigenvalue weighted by molar-refractivity contribution is 0.0986. The maximum Gasteiger partial charge on any atom is 0.254 e. The van der Waals surface area contributed by atoms with Crippen LogP contribution in [0.15, 0.2) is 18.5 Å². The van der Waals surface area contributed by atoms with E-state index in [1.54, 1.807) is 12.3 Å². The Morgan fingerprint density at radius 2 is 2.06 bits per heavy atom. The molecule has 17 heavy (non-hydrogen) atoms. The Morgan fingerprint density at radius 1 is 1.35 bits per heavy atom. The summed E-state index contributed by atoms with van der Waals surface area (Å²) in [6.07, 6.45) is 6.91. The molecule has 1 aromatic rings. The topological polar surface area (TPSA) is 91.2 Å². The molecule has 0 unspecified atom stereocenters. The molecule has 5 heteroatoms. The van der Waals surface area contributed by atoms with Crippen molar-refractivity contribution in [1.82, 2.24) is 4.98 Å². The van der Waals surface area contributed by atoms with E-state index < -0.39 is 5.91 Å². The van der Waals surface area contributed by atoms with Gasteiger partial charge in [-0.2, -0.15) is 0 Å². The molecular weight excluding hydrogens is 218 g/mol. The number of amides is 1. The van der Waals surface area contributed by atoms with Gasteiger partial charge in [-0.1, -0.05) is 0 Å². The van der Waals surface area contributed by atoms with Gasteiger partial charge in [0.05, 0.1) is 11.7 Å². The lowest BCUT2D eigenvalue weighted by atomic mass is 9.93. The van der Waals surface area contributed by atoms with Gasteiger partial charge in [-0.05, 0) is 31.7 Å². The van der Waals surface area contributed by atoms with Crippen molar-refractivity contribution in [1.29, 1.82) is 0 Å². The molecule has 1 fully saturated rings. The number of hydrogen-bond acceptors (Lipinski definition) is 4. The summed E-state index contributed by atoms with van der Waals surface area (Å²) in [7, 11) is 0. The molecule has 1 aromatic heterocycles. The Kier molecular flexibility index (Phi) is 3.58. The number of hydrogen-bond donors (Lipinski definition) is 2. The number of pyridine rings is 1. The van der Waals surface area contributed by atoms with Crippen LogP contribution in [0, 0.1) is 0 Å². The van der Waals surface area contributed by atoms with Crippen molar-refractivity contribution in [2.75, 3.05) is 0 Å². The first-order valence-electron chi connectivity index (χ1n) is 5.83. The highest BCUT2D eigenvalue weighted by Crippen LogP contribution is 2.24. The number of nitrogens with zero attached hydrogens (tertiary/aromatic N) is 1. The van der Waals surface area contributed by atoms with Gasteiger partial charge in [0, 0.05) is 18.4 Å². The zero-order valence-electron chi connectivity index (χ0n) is 9.63. The van der Waals surface area contributed by atoms with Crippen LogP contribution in [0.2, 0.25) is 0 Å². The van der Waals surface area contributed by atoms with Gasteiger partial charge in [0.25, 0.3) is 5.91 Å². The fraction of sp³-hybridized carbons (Fsp3) is 0.500. The molecule has 0 aliphatic heterocycles. The second-order valence-electron chi connectivity index (χ2n) is 4.39. The SMILES string of the molecule is NC(=O)c1cnccc1O[C@H]1CC[C@H](N)CC1. The minimum Gasteiger partial charge on any atom is -0.489 e. The zero-order valence-corrected chi connectivity index (χ0v) is 9.63.